The molecule has 0 aliphatic heterocycles. The van der Waals surface area contributed by atoms with Gasteiger partial charge in [0.2, 0.25) is 0 Å². The fourth-order valence-electron chi connectivity index (χ4n) is 2.27. The molecular weight excluding hydrogens is 485 g/mol. The molecule has 0 heterocycles. The summed E-state index contributed by atoms with van der Waals surface area (Å²) in [5, 5.41) is 0. The van der Waals surface area contributed by atoms with Gasteiger partial charge in [0.25, 0.3) is 0 Å². The first-order valence-electron chi connectivity index (χ1n) is 7.81. The molecule has 0 radical (unpaired) electrons. The molecule has 0 rings (SSSR count). The van der Waals surface area contributed by atoms with E-state index in [2.05, 4.69) is 9.47 Å². The number of alkyl halides is 15. The Labute approximate surface area is 164 Å². The van der Waals surface area contributed by atoms with Gasteiger partial charge in [0.05, 0.1) is 0 Å². The third-order valence-corrected chi connectivity index (χ3v) is 4.34. The molecule has 0 aliphatic carbocycles. The number of hydrogen-bond acceptors (Lipinski definition) is 2. The van der Waals surface area contributed by atoms with Crippen molar-refractivity contribution in [3.63, 3.8) is 0 Å². The zero-order valence-corrected chi connectivity index (χ0v) is 15.8. The van der Waals surface area contributed by atoms with Gasteiger partial charge in [-0.1, -0.05) is 6.92 Å². The van der Waals surface area contributed by atoms with Gasteiger partial charge in [0, 0.05) is 0 Å². The van der Waals surface area contributed by atoms with E-state index in [9.17, 15) is 65.9 Å². The van der Waals surface area contributed by atoms with Crippen LogP contribution in [-0.4, -0.2) is 53.8 Å². The van der Waals surface area contributed by atoms with Gasteiger partial charge in [-0.05, 0) is 27.2 Å². The first-order chi connectivity index (χ1) is 13.2. The van der Waals surface area contributed by atoms with E-state index in [1.165, 1.54) is 0 Å². The lowest BCUT2D eigenvalue weighted by Crippen LogP contribution is -2.72. The normalized spacial score (nSPS) is 19.4. The first-order valence-corrected chi connectivity index (χ1v) is 7.81. The summed E-state index contributed by atoms with van der Waals surface area (Å²) < 4.78 is 204. The van der Waals surface area contributed by atoms with Crippen LogP contribution in [-0.2, 0) is 9.47 Å². The molecule has 17 heteroatoms. The van der Waals surface area contributed by atoms with Crippen LogP contribution >= 0.6 is 0 Å². The fraction of sp³-hybridized carbons (Fsp3) is 1.00. The van der Waals surface area contributed by atoms with E-state index in [4.69, 9.17) is 0 Å². The third-order valence-electron chi connectivity index (χ3n) is 4.34. The van der Waals surface area contributed by atoms with Gasteiger partial charge < -0.3 is 9.47 Å². The van der Waals surface area contributed by atoms with Gasteiger partial charge in [-0.2, -0.15) is 52.7 Å². The SMILES string of the molecule is CCC(C)(OC(F)(F)C(F)(C(F)(F)F)C(C)(C)OC(F)(F)C(F)(F)F)C(F)(F)C(F)F. The minimum Gasteiger partial charge on any atom is -0.305 e. The van der Waals surface area contributed by atoms with Crippen LogP contribution in [0.15, 0.2) is 0 Å². The molecular formula is C14H15F15O2. The third kappa shape index (κ3) is 4.95. The molecule has 2 nitrogen and oxygen atoms in total. The molecule has 188 valence electrons. The molecule has 0 spiro atoms. The zero-order chi connectivity index (χ0) is 25.7. The predicted molar refractivity (Wildman–Crippen MR) is 71.7 cm³/mol. The first kappa shape index (κ1) is 29.9. The zero-order valence-electron chi connectivity index (χ0n) is 15.8. The average molecular weight is 500 g/mol. The summed E-state index contributed by atoms with van der Waals surface area (Å²) in [5.41, 5.74) is -15.8. The van der Waals surface area contributed by atoms with E-state index in [1.807, 2.05) is 0 Å². The Morgan fingerprint density at radius 3 is 1.26 bits per heavy atom. The minimum atomic E-state index is -7.10. The number of hydrogen-bond donors (Lipinski definition) is 0. The van der Waals surface area contributed by atoms with Crippen molar-refractivity contribution in [3.05, 3.63) is 0 Å². The molecule has 0 aromatic carbocycles. The lowest BCUT2D eigenvalue weighted by atomic mass is 9.84. The van der Waals surface area contributed by atoms with E-state index in [1.54, 1.807) is 0 Å². The Bertz CT molecular complexity index is 624. The maximum atomic E-state index is 14.8. The Balaban J connectivity index is 6.70. The molecule has 31 heavy (non-hydrogen) atoms. The topological polar surface area (TPSA) is 18.5 Å². The van der Waals surface area contributed by atoms with E-state index in [0.717, 1.165) is 0 Å². The summed E-state index contributed by atoms with van der Waals surface area (Å²) in [5.74, 6) is -5.64. The highest BCUT2D eigenvalue weighted by atomic mass is 19.4. The average Bonchev–Trinajstić information content (AvgIpc) is 2.49. The van der Waals surface area contributed by atoms with Crippen molar-refractivity contribution in [1.82, 2.24) is 0 Å². The summed E-state index contributed by atoms with van der Waals surface area (Å²) in [7, 11) is 0. The van der Waals surface area contributed by atoms with Gasteiger partial charge in [0.1, 0.15) is 11.2 Å². The molecule has 2 unspecified atom stereocenters. The van der Waals surface area contributed by atoms with Gasteiger partial charge in [-0.15, -0.1) is 0 Å². The summed E-state index contributed by atoms with van der Waals surface area (Å²) >= 11 is 0. The molecule has 0 N–H and O–H groups in total. The largest absolute Gasteiger partial charge is 0.482 e. The Hall–Kier alpha value is -1.13. The van der Waals surface area contributed by atoms with Crippen LogP contribution < -0.4 is 0 Å². The predicted octanol–water partition coefficient (Wildman–Crippen LogP) is 6.89. The van der Waals surface area contributed by atoms with Crippen LogP contribution in [0.4, 0.5) is 65.9 Å². The van der Waals surface area contributed by atoms with Crippen LogP contribution in [0.2, 0.25) is 0 Å². The summed E-state index contributed by atoms with van der Waals surface area (Å²) in [6, 6.07) is 0. The maximum Gasteiger partial charge on any atom is 0.482 e. The molecule has 0 aromatic rings. The maximum absolute atomic E-state index is 14.8. The summed E-state index contributed by atoms with van der Waals surface area (Å²) in [6.07, 6.45) is -33.7. The fourth-order valence-corrected chi connectivity index (χ4v) is 2.27. The van der Waals surface area contributed by atoms with Crippen molar-refractivity contribution in [1.29, 1.82) is 0 Å². The molecule has 0 bridgehead atoms. The molecule has 2 atom stereocenters. The Kier molecular flexibility index (Phi) is 7.73. The molecule has 0 saturated carbocycles. The van der Waals surface area contributed by atoms with Gasteiger partial charge in [-0.3, -0.25) is 0 Å². The minimum absolute atomic E-state index is 0.262. The van der Waals surface area contributed by atoms with Crippen molar-refractivity contribution in [2.75, 3.05) is 0 Å². The Morgan fingerprint density at radius 2 is 1.00 bits per heavy atom. The van der Waals surface area contributed by atoms with Crippen LogP contribution in [0, 0.1) is 0 Å². The molecule has 0 aromatic heterocycles. The molecule has 0 fully saturated rings. The van der Waals surface area contributed by atoms with Crippen LogP contribution in [0.25, 0.3) is 0 Å². The van der Waals surface area contributed by atoms with Crippen molar-refractivity contribution >= 4 is 0 Å². The van der Waals surface area contributed by atoms with Gasteiger partial charge in [-0.25, -0.2) is 13.2 Å². The number of ether oxygens (including phenoxy) is 2. The highest BCUT2D eigenvalue weighted by Crippen LogP contribution is 2.57. The second-order valence-corrected chi connectivity index (χ2v) is 6.91. The second kappa shape index (κ2) is 8.02. The van der Waals surface area contributed by atoms with E-state index in [-0.39, 0.29) is 6.92 Å². The number of halogens is 15. The van der Waals surface area contributed by atoms with Gasteiger partial charge in [0.15, 0.2) is 0 Å². The van der Waals surface area contributed by atoms with Crippen LogP contribution in [0.5, 0.6) is 0 Å². The van der Waals surface area contributed by atoms with Crippen LogP contribution in [0.3, 0.4) is 0 Å². The van der Waals surface area contributed by atoms with Crippen molar-refractivity contribution < 1.29 is 75.3 Å². The standard InChI is InChI=1S/C14H15F15O2/c1-5-8(4,9(17,18)6(15)16)31-13(26,27)10(19,11(20,21)22)7(2,3)30-14(28,29)12(23,24)25/h6H,5H2,1-4H3. The second-order valence-electron chi connectivity index (χ2n) is 6.91. The van der Waals surface area contributed by atoms with Gasteiger partial charge >= 0.3 is 42.6 Å². The highest BCUT2D eigenvalue weighted by molar-refractivity contribution is 5.09. The van der Waals surface area contributed by atoms with Crippen molar-refractivity contribution in [3.8, 4) is 0 Å². The van der Waals surface area contributed by atoms with Crippen LogP contribution in [0.1, 0.15) is 34.1 Å². The quantitative estimate of drug-likeness (QED) is 0.321. The summed E-state index contributed by atoms with van der Waals surface area (Å²) in [6.45, 7) is -1.06. The van der Waals surface area contributed by atoms with E-state index >= 15 is 0 Å². The van der Waals surface area contributed by atoms with Crippen molar-refractivity contribution in [2.45, 2.75) is 87.9 Å². The molecule has 0 saturated heterocycles. The number of rotatable bonds is 9. The van der Waals surface area contributed by atoms with E-state index < -0.39 is 74.1 Å². The molecule has 0 aliphatic rings. The molecule has 0 amide bonds. The smallest absolute Gasteiger partial charge is 0.305 e. The lowest BCUT2D eigenvalue weighted by molar-refractivity contribution is -0.484. The summed E-state index contributed by atoms with van der Waals surface area (Å²) in [4.78, 5) is 0. The Morgan fingerprint density at radius 1 is 0.613 bits per heavy atom. The monoisotopic (exact) mass is 500 g/mol. The lowest BCUT2D eigenvalue weighted by Gasteiger charge is -2.48. The van der Waals surface area contributed by atoms with Crippen molar-refractivity contribution in [2.24, 2.45) is 0 Å². The highest BCUT2D eigenvalue weighted by Gasteiger charge is 2.83. The van der Waals surface area contributed by atoms with E-state index in [0.29, 0.717) is 6.92 Å².